The van der Waals surface area contributed by atoms with Crippen LogP contribution in [0.4, 0.5) is 0 Å². The molecular weight excluding hydrogens is 416 g/mol. The van der Waals surface area contributed by atoms with Crippen LogP contribution in [0.3, 0.4) is 0 Å². The van der Waals surface area contributed by atoms with Gasteiger partial charge >= 0.3 is 0 Å². The van der Waals surface area contributed by atoms with E-state index in [0.717, 1.165) is 11.3 Å². The molecule has 0 aliphatic carbocycles. The average molecular weight is 447 g/mol. The molecule has 1 heterocycles. The first kappa shape index (κ1) is 23.1. The third-order valence-corrected chi connectivity index (χ3v) is 7.38. The van der Waals surface area contributed by atoms with E-state index in [1.54, 1.807) is 12.1 Å². The number of methoxy groups -OCH3 is 1. The summed E-state index contributed by atoms with van der Waals surface area (Å²) < 4.78 is 38.0. The molecular formula is C23H30N2O5S. The van der Waals surface area contributed by atoms with E-state index in [1.165, 1.54) is 23.5 Å². The van der Waals surface area contributed by atoms with Gasteiger partial charge in [-0.3, -0.25) is 4.79 Å². The lowest BCUT2D eigenvalue weighted by Crippen LogP contribution is -2.45. The van der Waals surface area contributed by atoms with Crippen molar-refractivity contribution in [2.75, 3.05) is 26.8 Å². The molecule has 8 heteroatoms. The molecule has 168 valence electrons. The Bertz CT molecular complexity index is 974. The number of carbonyl (C=O) groups excluding carboxylic acids is 1. The molecule has 0 saturated carbocycles. The van der Waals surface area contributed by atoms with E-state index in [-0.39, 0.29) is 29.3 Å². The standard InChI is InChI=1S/C23H30N2O5S/c1-4-30-21-9-7-18(8-10-21)17(2)24-23(26)19-6-5-15-25(16-19)31(27,28)22-13-11-20(29-3)12-14-22/h7-14,17,19H,4-6,15-16H2,1-3H3,(H,24,26)/t17-,19-/m0/s1. The maximum absolute atomic E-state index is 13.0. The molecule has 7 nitrogen and oxygen atoms in total. The van der Waals surface area contributed by atoms with Crippen molar-refractivity contribution < 1.29 is 22.7 Å². The Kier molecular flexibility index (Phi) is 7.56. The summed E-state index contributed by atoms with van der Waals surface area (Å²) in [4.78, 5) is 13.1. The highest BCUT2D eigenvalue weighted by atomic mass is 32.2. The fourth-order valence-electron chi connectivity index (χ4n) is 3.71. The van der Waals surface area contributed by atoms with Crippen LogP contribution in [0.15, 0.2) is 53.4 Å². The first-order valence-corrected chi connectivity index (χ1v) is 12.0. The molecule has 1 N–H and O–H groups in total. The summed E-state index contributed by atoms with van der Waals surface area (Å²) >= 11 is 0. The van der Waals surface area contributed by atoms with Crippen LogP contribution in [0.1, 0.15) is 38.3 Å². The summed E-state index contributed by atoms with van der Waals surface area (Å²) in [5.41, 5.74) is 0.968. The van der Waals surface area contributed by atoms with Crippen LogP contribution >= 0.6 is 0 Å². The quantitative estimate of drug-likeness (QED) is 0.672. The van der Waals surface area contributed by atoms with E-state index in [0.29, 0.717) is 31.7 Å². The van der Waals surface area contributed by atoms with Crippen molar-refractivity contribution in [3.05, 3.63) is 54.1 Å². The monoisotopic (exact) mass is 446 g/mol. The van der Waals surface area contributed by atoms with E-state index in [4.69, 9.17) is 9.47 Å². The van der Waals surface area contributed by atoms with Crippen LogP contribution in [0.5, 0.6) is 11.5 Å². The van der Waals surface area contributed by atoms with Gasteiger partial charge < -0.3 is 14.8 Å². The lowest BCUT2D eigenvalue weighted by molar-refractivity contribution is -0.126. The molecule has 0 radical (unpaired) electrons. The Morgan fingerprint density at radius 2 is 1.77 bits per heavy atom. The van der Waals surface area contributed by atoms with Crippen molar-refractivity contribution >= 4 is 15.9 Å². The Morgan fingerprint density at radius 3 is 2.39 bits per heavy atom. The number of hydrogen-bond acceptors (Lipinski definition) is 5. The zero-order chi connectivity index (χ0) is 22.4. The number of piperidine rings is 1. The zero-order valence-electron chi connectivity index (χ0n) is 18.2. The second-order valence-corrected chi connectivity index (χ2v) is 9.55. The van der Waals surface area contributed by atoms with Crippen molar-refractivity contribution in [3.8, 4) is 11.5 Å². The van der Waals surface area contributed by atoms with Gasteiger partial charge in [0.1, 0.15) is 11.5 Å². The molecule has 0 bridgehead atoms. The van der Waals surface area contributed by atoms with Crippen molar-refractivity contribution in [2.45, 2.75) is 37.6 Å². The smallest absolute Gasteiger partial charge is 0.243 e. The summed E-state index contributed by atoms with van der Waals surface area (Å²) in [6.45, 7) is 5.04. The van der Waals surface area contributed by atoms with Gasteiger partial charge in [0.25, 0.3) is 0 Å². The van der Waals surface area contributed by atoms with Gasteiger partial charge in [-0.2, -0.15) is 4.31 Å². The van der Waals surface area contributed by atoms with Crippen LogP contribution in [-0.2, 0) is 14.8 Å². The normalized spacial score (nSPS) is 18.2. The number of rotatable bonds is 8. The minimum absolute atomic E-state index is 0.129. The zero-order valence-corrected chi connectivity index (χ0v) is 19.0. The van der Waals surface area contributed by atoms with Gasteiger partial charge in [-0.15, -0.1) is 0 Å². The van der Waals surface area contributed by atoms with Crippen LogP contribution in [0, 0.1) is 5.92 Å². The van der Waals surface area contributed by atoms with Crippen molar-refractivity contribution in [3.63, 3.8) is 0 Å². The number of nitrogens with one attached hydrogen (secondary N) is 1. The highest BCUT2D eigenvalue weighted by Gasteiger charge is 2.33. The maximum Gasteiger partial charge on any atom is 0.243 e. The fourth-order valence-corrected chi connectivity index (χ4v) is 5.23. The van der Waals surface area contributed by atoms with Crippen molar-refractivity contribution in [1.29, 1.82) is 0 Å². The maximum atomic E-state index is 13.0. The number of carbonyl (C=O) groups is 1. The van der Waals surface area contributed by atoms with Gasteiger partial charge in [0.2, 0.25) is 15.9 Å². The molecule has 0 aromatic heterocycles. The molecule has 1 fully saturated rings. The molecule has 1 aliphatic rings. The second kappa shape index (κ2) is 10.2. The Morgan fingerprint density at radius 1 is 1.13 bits per heavy atom. The first-order valence-electron chi connectivity index (χ1n) is 10.5. The highest BCUT2D eigenvalue weighted by Crippen LogP contribution is 2.26. The summed E-state index contributed by atoms with van der Waals surface area (Å²) in [6, 6.07) is 13.7. The van der Waals surface area contributed by atoms with Crippen molar-refractivity contribution in [1.82, 2.24) is 9.62 Å². The van der Waals surface area contributed by atoms with Crippen LogP contribution in [-0.4, -0.2) is 45.4 Å². The first-order chi connectivity index (χ1) is 14.8. The SMILES string of the molecule is CCOc1ccc([C@H](C)NC(=O)[C@H]2CCCN(S(=O)(=O)c3ccc(OC)cc3)C2)cc1. The Balaban J connectivity index is 1.64. The third kappa shape index (κ3) is 5.57. The van der Waals surface area contributed by atoms with Gasteiger partial charge in [0.15, 0.2) is 0 Å². The minimum Gasteiger partial charge on any atom is -0.497 e. The lowest BCUT2D eigenvalue weighted by Gasteiger charge is -2.32. The minimum atomic E-state index is -3.66. The predicted molar refractivity (Wildman–Crippen MR) is 119 cm³/mol. The number of benzene rings is 2. The second-order valence-electron chi connectivity index (χ2n) is 7.61. The molecule has 0 unspecified atom stereocenters. The van der Waals surface area contributed by atoms with E-state index in [2.05, 4.69) is 5.32 Å². The number of amides is 1. The summed E-state index contributed by atoms with van der Waals surface area (Å²) in [5, 5.41) is 3.03. The molecule has 3 rings (SSSR count). The molecule has 1 saturated heterocycles. The molecule has 0 spiro atoms. The molecule has 1 amide bonds. The van der Waals surface area contributed by atoms with E-state index < -0.39 is 10.0 Å². The van der Waals surface area contributed by atoms with E-state index in [1.807, 2.05) is 38.1 Å². The van der Waals surface area contributed by atoms with Gasteiger partial charge in [-0.05, 0) is 68.7 Å². The summed E-state index contributed by atoms with van der Waals surface area (Å²) in [6.07, 6.45) is 1.31. The number of sulfonamides is 1. The summed E-state index contributed by atoms with van der Waals surface area (Å²) in [7, 11) is -2.13. The Labute approximate surface area is 184 Å². The van der Waals surface area contributed by atoms with Gasteiger partial charge in [-0.25, -0.2) is 8.42 Å². The van der Waals surface area contributed by atoms with E-state index in [9.17, 15) is 13.2 Å². The molecule has 31 heavy (non-hydrogen) atoms. The fraction of sp³-hybridized carbons (Fsp3) is 0.435. The highest BCUT2D eigenvalue weighted by molar-refractivity contribution is 7.89. The van der Waals surface area contributed by atoms with Crippen LogP contribution in [0.2, 0.25) is 0 Å². The largest absolute Gasteiger partial charge is 0.497 e. The van der Waals surface area contributed by atoms with Crippen LogP contribution in [0.25, 0.3) is 0 Å². The van der Waals surface area contributed by atoms with Gasteiger partial charge in [0, 0.05) is 13.1 Å². The topological polar surface area (TPSA) is 84.9 Å². The molecule has 2 aromatic carbocycles. The van der Waals surface area contributed by atoms with Gasteiger partial charge in [-0.1, -0.05) is 12.1 Å². The third-order valence-electron chi connectivity index (χ3n) is 5.50. The van der Waals surface area contributed by atoms with Crippen molar-refractivity contribution in [2.24, 2.45) is 5.92 Å². The molecule has 2 atom stereocenters. The number of hydrogen-bond donors (Lipinski definition) is 1. The van der Waals surface area contributed by atoms with E-state index >= 15 is 0 Å². The molecule has 1 aliphatic heterocycles. The Hall–Kier alpha value is -2.58. The number of ether oxygens (including phenoxy) is 2. The predicted octanol–water partition coefficient (Wildman–Crippen LogP) is 3.37. The van der Waals surface area contributed by atoms with Gasteiger partial charge in [0.05, 0.1) is 30.6 Å². The lowest BCUT2D eigenvalue weighted by atomic mass is 9.98. The molecule has 2 aromatic rings. The summed E-state index contributed by atoms with van der Waals surface area (Å²) in [5.74, 6) is 0.873. The number of nitrogens with zero attached hydrogens (tertiary/aromatic N) is 1. The average Bonchev–Trinajstić information content (AvgIpc) is 2.79. The van der Waals surface area contributed by atoms with Crippen LogP contribution < -0.4 is 14.8 Å².